The summed E-state index contributed by atoms with van der Waals surface area (Å²) in [7, 11) is 0. The van der Waals surface area contributed by atoms with E-state index in [9.17, 15) is 14.7 Å². The number of benzene rings is 1. The average Bonchev–Trinajstić information content (AvgIpc) is 3.30. The van der Waals surface area contributed by atoms with E-state index in [0.29, 0.717) is 28.9 Å². The van der Waals surface area contributed by atoms with Gasteiger partial charge in [0, 0.05) is 17.2 Å². The number of aromatic nitrogens is 2. The normalized spacial score (nSPS) is 16.1. The Kier molecular flexibility index (Phi) is 4.41. The molecule has 25 heavy (non-hydrogen) atoms. The van der Waals surface area contributed by atoms with Crippen molar-refractivity contribution in [3.63, 3.8) is 0 Å². The predicted octanol–water partition coefficient (Wildman–Crippen LogP) is 1.57. The summed E-state index contributed by atoms with van der Waals surface area (Å²) in [5.74, 6) is 0.00973. The Morgan fingerprint density at radius 1 is 1.40 bits per heavy atom. The fourth-order valence-electron chi connectivity index (χ4n) is 2.09. The Morgan fingerprint density at radius 2 is 2.16 bits per heavy atom. The van der Waals surface area contributed by atoms with Crippen LogP contribution in [0.1, 0.15) is 31.6 Å². The fraction of sp³-hybridized carbons (Fsp3) is 0.375. The van der Waals surface area contributed by atoms with Crippen molar-refractivity contribution in [3.8, 4) is 11.4 Å². The molecule has 1 aliphatic carbocycles. The number of aliphatic carboxylic acids is 1. The topological polar surface area (TPSA) is 138 Å². The van der Waals surface area contributed by atoms with E-state index in [1.54, 1.807) is 24.3 Å². The van der Waals surface area contributed by atoms with Crippen molar-refractivity contribution < 1.29 is 24.3 Å². The number of rotatable bonds is 6. The van der Waals surface area contributed by atoms with Crippen molar-refractivity contribution in [1.82, 2.24) is 15.5 Å². The second-order valence-electron chi connectivity index (χ2n) is 6.20. The maximum absolute atomic E-state index is 11.9. The molecule has 1 aromatic carbocycles. The quantitative estimate of drug-likeness (QED) is 0.623. The number of nitrogens with one attached hydrogen (secondary N) is 2. The summed E-state index contributed by atoms with van der Waals surface area (Å²) in [6.45, 7) is 0.674. The maximum Gasteiger partial charge on any atom is 0.337 e. The fourth-order valence-corrected chi connectivity index (χ4v) is 2.09. The van der Waals surface area contributed by atoms with Crippen molar-refractivity contribution >= 4 is 17.7 Å². The molecule has 4 N–H and O–H groups in total. The third kappa shape index (κ3) is 4.13. The van der Waals surface area contributed by atoms with Gasteiger partial charge in [-0.25, -0.2) is 9.59 Å². The molecule has 0 saturated heterocycles. The molecule has 9 nitrogen and oxygen atoms in total. The maximum atomic E-state index is 11.9. The van der Waals surface area contributed by atoms with Crippen molar-refractivity contribution in [3.05, 3.63) is 30.2 Å². The number of amides is 2. The van der Waals surface area contributed by atoms with E-state index in [1.807, 2.05) is 0 Å². The van der Waals surface area contributed by atoms with Crippen molar-refractivity contribution in [2.75, 3.05) is 11.9 Å². The highest BCUT2D eigenvalue weighted by molar-refractivity contribution is 5.90. The number of hydrogen-bond acceptors (Lipinski definition) is 6. The third-order valence-electron chi connectivity index (χ3n) is 3.80. The van der Waals surface area contributed by atoms with Crippen molar-refractivity contribution in [2.24, 2.45) is 0 Å². The molecule has 1 aliphatic rings. The summed E-state index contributed by atoms with van der Waals surface area (Å²) in [4.78, 5) is 27.0. The van der Waals surface area contributed by atoms with E-state index < -0.39 is 24.1 Å². The van der Waals surface area contributed by atoms with Gasteiger partial charge in [0.2, 0.25) is 11.7 Å². The van der Waals surface area contributed by atoms with Gasteiger partial charge in [0.1, 0.15) is 0 Å². The molecule has 9 heteroatoms. The first kappa shape index (κ1) is 16.9. The molecule has 2 aromatic rings. The Morgan fingerprint density at radius 3 is 2.84 bits per heavy atom. The molecule has 2 amide bonds. The monoisotopic (exact) mass is 346 g/mol. The van der Waals surface area contributed by atoms with E-state index >= 15 is 0 Å². The first-order valence-corrected chi connectivity index (χ1v) is 7.80. The smallest absolute Gasteiger partial charge is 0.337 e. The van der Waals surface area contributed by atoms with E-state index in [0.717, 1.165) is 19.8 Å². The zero-order valence-corrected chi connectivity index (χ0v) is 13.5. The molecule has 1 aromatic heterocycles. The third-order valence-corrected chi connectivity index (χ3v) is 3.80. The summed E-state index contributed by atoms with van der Waals surface area (Å²) in [5, 5.41) is 27.2. The molecule has 1 atom stereocenters. The van der Waals surface area contributed by atoms with E-state index in [2.05, 4.69) is 20.8 Å². The second-order valence-corrected chi connectivity index (χ2v) is 6.20. The van der Waals surface area contributed by atoms with E-state index in [4.69, 9.17) is 9.63 Å². The lowest BCUT2D eigenvalue weighted by Crippen LogP contribution is -2.47. The minimum atomic E-state index is -2.04. The van der Waals surface area contributed by atoms with Crippen LogP contribution < -0.4 is 10.6 Å². The molecule has 1 unspecified atom stereocenters. The highest BCUT2D eigenvalue weighted by Crippen LogP contribution is 2.39. The van der Waals surface area contributed by atoms with Gasteiger partial charge in [0.05, 0.1) is 6.54 Å². The van der Waals surface area contributed by atoms with Crippen LogP contribution in [0.5, 0.6) is 0 Å². The second kappa shape index (κ2) is 6.52. The number of nitrogens with zero attached hydrogens (tertiary/aromatic N) is 2. The summed E-state index contributed by atoms with van der Waals surface area (Å²) in [5.41, 5.74) is -0.878. The number of carboxylic acids is 1. The minimum absolute atomic E-state index is 0.357. The Labute approximate surface area is 143 Å². The molecule has 1 saturated carbocycles. The number of anilines is 1. The molecule has 0 radical (unpaired) electrons. The van der Waals surface area contributed by atoms with Crippen LogP contribution in [0.25, 0.3) is 11.4 Å². The number of urea groups is 1. The molecule has 1 heterocycles. The van der Waals surface area contributed by atoms with Gasteiger partial charge in [-0.15, -0.1) is 0 Å². The van der Waals surface area contributed by atoms with Crippen LogP contribution in [0.3, 0.4) is 0 Å². The largest absolute Gasteiger partial charge is 0.479 e. The van der Waals surface area contributed by atoms with Gasteiger partial charge in [-0.05, 0) is 31.9 Å². The number of aliphatic hydroxyl groups is 1. The highest BCUT2D eigenvalue weighted by Gasteiger charge is 2.31. The van der Waals surface area contributed by atoms with Crippen LogP contribution in [0, 0.1) is 0 Å². The lowest BCUT2D eigenvalue weighted by molar-refractivity contribution is -0.155. The van der Waals surface area contributed by atoms with Crippen LogP contribution in [0.2, 0.25) is 0 Å². The number of carbonyl (C=O) groups is 2. The van der Waals surface area contributed by atoms with Crippen molar-refractivity contribution in [2.45, 2.75) is 31.3 Å². The van der Waals surface area contributed by atoms with Crippen LogP contribution in [0.4, 0.5) is 10.5 Å². The Bertz CT molecular complexity index is 797. The molecule has 0 aliphatic heterocycles. The van der Waals surface area contributed by atoms with Crippen LogP contribution in [-0.4, -0.2) is 44.5 Å². The van der Waals surface area contributed by atoms with Gasteiger partial charge < -0.3 is 25.4 Å². The van der Waals surface area contributed by atoms with E-state index in [-0.39, 0.29) is 0 Å². The Hall–Kier alpha value is -2.94. The molecule has 0 bridgehead atoms. The summed E-state index contributed by atoms with van der Waals surface area (Å²) < 4.78 is 5.22. The van der Waals surface area contributed by atoms with Gasteiger partial charge in [-0.2, -0.15) is 4.98 Å². The first-order chi connectivity index (χ1) is 11.8. The average molecular weight is 346 g/mol. The summed E-state index contributed by atoms with van der Waals surface area (Å²) in [6.07, 6.45) is 2.12. The van der Waals surface area contributed by atoms with Crippen LogP contribution in [0.15, 0.2) is 28.8 Å². The highest BCUT2D eigenvalue weighted by atomic mass is 16.5. The van der Waals surface area contributed by atoms with Gasteiger partial charge in [-0.3, -0.25) is 0 Å². The zero-order valence-electron chi connectivity index (χ0n) is 13.5. The summed E-state index contributed by atoms with van der Waals surface area (Å²) in [6, 6.07) is 6.23. The molecule has 1 fully saturated rings. The number of carbonyl (C=O) groups excluding carboxylic acids is 1. The standard InChI is InChI=1S/C16H18N4O5/c1-16(24,14(21)22)8-17-15(23)18-11-4-2-3-10(7-11)12-19-13(25-20-12)9-5-6-9/h2-4,7,9,24H,5-6,8H2,1H3,(H,21,22)(H2,17,18,23). The number of carboxylic acid groups (broad SMARTS) is 1. The SMILES string of the molecule is CC(O)(CNC(=O)Nc1cccc(-c2noc(C3CC3)n2)c1)C(=O)O. The summed E-state index contributed by atoms with van der Waals surface area (Å²) >= 11 is 0. The van der Waals surface area contributed by atoms with Gasteiger partial charge in [0.25, 0.3) is 0 Å². The molecule has 0 spiro atoms. The van der Waals surface area contributed by atoms with Crippen molar-refractivity contribution in [1.29, 1.82) is 0 Å². The van der Waals surface area contributed by atoms with Gasteiger partial charge >= 0.3 is 12.0 Å². The lowest BCUT2D eigenvalue weighted by atomic mass is 10.1. The molecular formula is C16H18N4O5. The molecule has 3 rings (SSSR count). The number of hydrogen-bond donors (Lipinski definition) is 4. The van der Waals surface area contributed by atoms with Crippen LogP contribution in [-0.2, 0) is 4.79 Å². The predicted molar refractivity (Wildman–Crippen MR) is 87.0 cm³/mol. The lowest BCUT2D eigenvalue weighted by Gasteiger charge is -2.18. The molecular weight excluding hydrogens is 328 g/mol. The minimum Gasteiger partial charge on any atom is -0.479 e. The first-order valence-electron chi connectivity index (χ1n) is 7.80. The van der Waals surface area contributed by atoms with E-state index in [1.165, 1.54) is 0 Å². The van der Waals surface area contributed by atoms with Gasteiger partial charge in [0.15, 0.2) is 5.60 Å². The van der Waals surface area contributed by atoms with Gasteiger partial charge in [-0.1, -0.05) is 17.3 Å². The molecule has 132 valence electrons. The zero-order chi connectivity index (χ0) is 18.0. The Balaban J connectivity index is 1.63. The van der Waals surface area contributed by atoms with Crippen LogP contribution >= 0.6 is 0 Å².